The summed E-state index contributed by atoms with van der Waals surface area (Å²) in [5.74, 6) is -1.09. The molecule has 0 bridgehead atoms. The van der Waals surface area contributed by atoms with E-state index in [1.807, 2.05) is 4.98 Å². The number of halogens is 3. The first-order valence-electron chi connectivity index (χ1n) is 4.82. The summed E-state index contributed by atoms with van der Waals surface area (Å²) >= 11 is 0. The number of aromatic amines is 1. The fourth-order valence-corrected chi connectivity index (χ4v) is 1.61. The third-order valence-electron chi connectivity index (χ3n) is 2.47. The fourth-order valence-electron chi connectivity index (χ4n) is 1.61. The number of fused-ring (bicyclic) bond motifs is 1. The topological polar surface area (TPSA) is 96.2 Å². The van der Waals surface area contributed by atoms with Crippen LogP contribution < -0.4 is 5.56 Å². The lowest BCUT2D eigenvalue weighted by Crippen LogP contribution is -2.12. The van der Waals surface area contributed by atoms with E-state index in [0.29, 0.717) is 12.1 Å². The molecule has 0 saturated carbocycles. The molecule has 0 atom stereocenters. The molecular formula is C10H5F3N2O4. The number of alkyl halides is 3. The molecule has 9 heteroatoms. The van der Waals surface area contributed by atoms with E-state index in [-0.39, 0.29) is 5.52 Å². The van der Waals surface area contributed by atoms with E-state index in [1.165, 1.54) is 0 Å². The second-order valence-electron chi connectivity index (χ2n) is 3.67. The number of aromatic hydroxyl groups is 1. The standard InChI is InChI=1S/C10H5F3N2O4/c11-10(12,13)4-1-2-6-5(3-4)8(16)7(15(18)19)9(17)14-6/h1-3H,(H2,14,16,17). The first kappa shape index (κ1) is 12.9. The quantitative estimate of drug-likeness (QED) is 0.615. The smallest absolute Gasteiger partial charge is 0.416 e. The van der Waals surface area contributed by atoms with Crippen LogP contribution in [0.2, 0.25) is 0 Å². The van der Waals surface area contributed by atoms with Crippen LogP contribution in [0.5, 0.6) is 5.75 Å². The molecule has 19 heavy (non-hydrogen) atoms. The molecule has 1 heterocycles. The van der Waals surface area contributed by atoms with E-state index in [1.54, 1.807) is 0 Å². The molecule has 1 aromatic heterocycles. The monoisotopic (exact) mass is 274 g/mol. The maximum atomic E-state index is 12.5. The van der Waals surface area contributed by atoms with Crippen LogP contribution in [-0.2, 0) is 6.18 Å². The highest BCUT2D eigenvalue weighted by Gasteiger charge is 2.32. The van der Waals surface area contributed by atoms with Gasteiger partial charge in [-0.1, -0.05) is 0 Å². The van der Waals surface area contributed by atoms with E-state index < -0.39 is 39.0 Å². The summed E-state index contributed by atoms with van der Waals surface area (Å²) in [7, 11) is 0. The highest BCUT2D eigenvalue weighted by molar-refractivity contribution is 5.88. The van der Waals surface area contributed by atoms with Gasteiger partial charge in [0.15, 0.2) is 0 Å². The number of hydrogen-bond acceptors (Lipinski definition) is 4. The van der Waals surface area contributed by atoms with Crippen molar-refractivity contribution in [1.82, 2.24) is 4.98 Å². The molecule has 2 N–H and O–H groups in total. The number of nitro groups is 1. The Morgan fingerprint density at radius 1 is 1.32 bits per heavy atom. The van der Waals surface area contributed by atoms with Crippen molar-refractivity contribution < 1.29 is 23.2 Å². The fraction of sp³-hybridized carbons (Fsp3) is 0.100. The van der Waals surface area contributed by atoms with E-state index in [4.69, 9.17) is 0 Å². The number of nitrogens with zero attached hydrogens (tertiary/aromatic N) is 1. The Labute approximate surface area is 102 Å². The molecule has 0 fully saturated rings. The largest absolute Gasteiger partial charge is 0.501 e. The number of hydrogen-bond donors (Lipinski definition) is 2. The molecule has 0 aliphatic rings. The van der Waals surface area contributed by atoms with Gasteiger partial charge in [0.1, 0.15) is 0 Å². The van der Waals surface area contributed by atoms with Gasteiger partial charge in [0.2, 0.25) is 5.75 Å². The predicted octanol–water partition coefficient (Wildman–Crippen LogP) is 2.16. The molecule has 0 radical (unpaired) electrons. The van der Waals surface area contributed by atoms with Gasteiger partial charge < -0.3 is 10.1 Å². The van der Waals surface area contributed by atoms with Gasteiger partial charge in [0.05, 0.1) is 16.0 Å². The minimum atomic E-state index is -4.66. The lowest BCUT2D eigenvalue weighted by Gasteiger charge is -2.08. The Morgan fingerprint density at radius 3 is 2.47 bits per heavy atom. The van der Waals surface area contributed by atoms with Crippen LogP contribution in [-0.4, -0.2) is 15.0 Å². The highest BCUT2D eigenvalue weighted by atomic mass is 19.4. The average molecular weight is 274 g/mol. The van der Waals surface area contributed by atoms with Crippen molar-refractivity contribution in [2.24, 2.45) is 0 Å². The number of benzene rings is 1. The molecule has 0 aliphatic carbocycles. The zero-order valence-corrected chi connectivity index (χ0v) is 8.99. The van der Waals surface area contributed by atoms with Gasteiger partial charge in [-0.2, -0.15) is 13.2 Å². The third kappa shape index (κ3) is 2.09. The van der Waals surface area contributed by atoms with Crippen LogP contribution in [0.1, 0.15) is 5.56 Å². The van der Waals surface area contributed by atoms with Crippen molar-refractivity contribution in [2.75, 3.05) is 0 Å². The summed E-state index contributed by atoms with van der Waals surface area (Å²) in [6, 6.07) is 2.15. The molecule has 2 rings (SSSR count). The van der Waals surface area contributed by atoms with E-state index >= 15 is 0 Å². The molecule has 1 aromatic carbocycles. The van der Waals surface area contributed by atoms with Gasteiger partial charge in [-0.15, -0.1) is 0 Å². The molecule has 0 aliphatic heterocycles. The van der Waals surface area contributed by atoms with Crippen molar-refractivity contribution >= 4 is 16.6 Å². The Balaban J connectivity index is 2.86. The van der Waals surface area contributed by atoms with Crippen LogP contribution >= 0.6 is 0 Å². The van der Waals surface area contributed by atoms with E-state index in [9.17, 15) is 33.2 Å². The maximum absolute atomic E-state index is 12.5. The van der Waals surface area contributed by atoms with Gasteiger partial charge in [0.25, 0.3) is 0 Å². The number of aromatic nitrogens is 1. The summed E-state index contributed by atoms with van der Waals surface area (Å²) in [6.45, 7) is 0. The second-order valence-corrected chi connectivity index (χ2v) is 3.67. The average Bonchev–Trinajstić information content (AvgIpc) is 2.26. The number of nitrogens with one attached hydrogen (secondary N) is 1. The van der Waals surface area contributed by atoms with Gasteiger partial charge >= 0.3 is 17.4 Å². The number of H-pyrrole nitrogens is 1. The van der Waals surface area contributed by atoms with Crippen LogP contribution in [0.4, 0.5) is 18.9 Å². The number of pyridine rings is 1. The lowest BCUT2D eigenvalue weighted by molar-refractivity contribution is -0.387. The minimum Gasteiger partial charge on any atom is -0.501 e. The Morgan fingerprint density at radius 2 is 1.95 bits per heavy atom. The van der Waals surface area contributed by atoms with Crippen molar-refractivity contribution in [3.05, 3.63) is 44.2 Å². The van der Waals surface area contributed by atoms with Crippen molar-refractivity contribution in [1.29, 1.82) is 0 Å². The second kappa shape index (κ2) is 3.97. The molecule has 0 unspecified atom stereocenters. The summed E-state index contributed by atoms with van der Waals surface area (Å²) in [4.78, 5) is 22.7. The normalized spacial score (nSPS) is 11.7. The van der Waals surface area contributed by atoms with Gasteiger partial charge in [0, 0.05) is 5.39 Å². The third-order valence-corrected chi connectivity index (χ3v) is 2.47. The van der Waals surface area contributed by atoms with Gasteiger partial charge in [-0.05, 0) is 18.2 Å². The Kier molecular flexibility index (Phi) is 2.69. The molecule has 2 aromatic rings. The number of rotatable bonds is 1. The SMILES string of the molecule is O=c1[nH]c2ccc(C(F)(F)F)cc2c(O)c1[N+](=O)[O-]. The van der Waals surface area contributed by atoms with Crippen molar-refractivity contribution in [2.45, 2.75) is 6.18 Å². The molecule has 0 spiro atoms. The highest BCUT2D eigenvalue weighted by Crippen LogP contribution is 2.35. The molecular weight excluding hydrogens is 269 g/mol. The van der Waals surface area contributed by atoms with Crippen LogP contribution in [0.15, 0.2) is 23.0 Å². The van der Waals surface area contributed by atoms with Crippen LogP contribution in [0.3, 0.4) is 0 Å². The Hall–Kier alpha value is -2.58. The summed E-state index contributed by atoms with van der Waals surface area (Å²) in [5, 5.41) is 19.7. The summed E-state index contributed by atoms with van der Waals surface area (Å²) < 4.78 is 37.5. The van der Waals surface area contributed by atoms with Crippen LogP contribution in [0.25, 0.3) is 10.9 Å². The first-order valence-corrected chi connectivity index (χ1v) is 4.82. The Bertz CT molecular complexity index is 736. The summed E-state index contributed by atoms with van der Waals surface area (Å²) in [6.07, 6.45) is -4.66. The maximum Gasteiger partial charge on any atom is 0.416 e. The minimum absolute atomic E-state index is 0.124. The lowest BCUT2D eigenvalue weighted by atomic mass is 10.1. The van der Waals surface area contributed by atoms with Gasteiger partial charge in [-0.25, -0.2) is 0 Å². The predicted molar refractivity (Wildman–Crippen MR) is 57.9 cm³/mol. The van der Waals surface area contributed by atoms with Crippen LogP contribution in [0, 0.1) is 10.1 Å². The zero-order valence-electron chi connectivity index (χ0n) is 8.99. The zero-order chi connectivity index (χ0) is 14.4. The summed E-state index contributed by atoms with van der Waals surface area (Å²) in [5.41, 5.74) is -3.58. The molecule has 6 nitrogen and oxygen atoms in total. The molecule has 0 saturated heterocycles. The molecule has 0 amide bonds. The van der Waals surface area contributed by atoms with E-state index in [2.05, 4.69) is 0 Å². The first-order chi connectivity index (χ1) is 8.71. The molecule has 100 valence electrons. The van der Waals surface area contributed by atoms with Crippen molar-refractivity contribution in [3.8, 4) is 5.75 Å². The van der Waals surface area contributed by atoms with Crippen molar-refractivity contribution in [3.63, 3.8) is 0 Å². The van der Waals surface area contributed by atoms with Gasteiger partial charge in [-0.3, -0.25) is 14.9 Å². The van der Waals surface area contributed by atoms with E-state index in [0.717, 1.165) is 6.07 Å².